The summed E-state index contributed by atoms with van der Waals surface area (Å²) in [5, 5.41) is 5.51. The number of aromatic amines is 1. The molecule has 0 spiro atoms. The minimum atomic E-state index is 0.537. The summed E-state index contributed by atoms with van der Waals surface area (Å²) in [5.41, 5.74) is 5.27. The number of anilines is 3. The molecule has 2 aromatic carbocycles. The molecule has 0 atom stereocenters. The topological polar surface area (TPSA) is 84.5 Å². The standard InChI is InChI=1S/C24H27N5O3/c1-14-15(2)25-19-6-5-16(11-17(14)19)26-24-27-20-13-22(31-4)21(30-3)12-18(20)23(28-24)29-7-9-32-10-8-29/h5-6,11-13,25H,7-10H2,1-4H3,(H,26,27,28). The van der Waals surface area contributed by atoms with Crippen molar-refractivity contribution in [3.05, 3.63) is 41.6 Å². The summed E-state index contributed by atoms with van der Waals surface area (Å²) in [7, 11) is 3.26. The molecule has 32 heavy (non-hydrogen) atoms. The number of aryl methyl sites for hydroxylation is 2. The van der Waals surface area contributed by atoms with Crippen LogP contribution in [0.4, 0.5) is 17.5 Å². The normalized spacial score (nSPS) is 14.2. The highest BCUT2D eigenvalue weighted by atomic mass is 16.5. The number of methoxy groups -OCH3 is 2. The minimum absolute atomic E-state index is 0.537. The summed E-state index contributed by atoms with van der Waals surface area (Å²) >= 11 is 0. The zero-order valence-corrected chi connectivity index (χ0v) is 18.8. The van der Waals surface area contributed by atoms with Crippen molar-refractivity contribution in [3.63, 3.8) is 0 Å². The maximum Gasteiger partial charge on any atom is 0.229 e. The number of benzene rings is 2. The van der Waals surface area contributed by atoms with Crippen LogP contribution in [0.1, 0.15) is 11.3 Å². The first kappa shape index (κ1) is 20.4. The summed E-state index contributed by atoms with van der Waals surface area (Å²) in [6, 6.07) is 10.1. The van der Waals surface area contributed by atoms with Crippen molar-refractivity contribution < 1.29 is 14.2 Å². The summed E-state index contributed by atoms with van der Waals surface area (Å²) in [6.45, 7) is 7.10. The summed E-state index contributed by atoms with van der Waals surface area (Å²) in [5.74, 6) is 2.69. The molecule has 0 aliphatic carbocycles. The van der Waals surface area contributed by atoms with Crippen LogP contribution in [-0.4, -0.2) is 55.5 Å². The highest BCUT2D eigenvalue weighted by Crippen LogP contribution is 2.36. The highest BCUT2D eigenvalue weighted by Gasteiger charge is 2.20. The van der Waals surface area contributed by atoms with Gasteiger partial charge in [-0.2, -0.15) is 4.98 Å². The molecule has 0 amide bonds. The van der Waals surface area contributed by atoms with Crippen LogP contribution in [0, 0.1) is 13.8 Å². The molecule has 2 N–H and O–H groups in total. The molecule has 0 unspecified atom stereocenters. The molecule has 5 rings (SSSR count). The quantitative estimate of drug-likeness (QED) is 0.485. The molecular formula is C24H27N5O3. The lowest BCUT2D eigenvalue weighted by molar-refractivity contribution is 0.122. The molecular weight excluding hydrogens is 406 g/mol. The molecule has 166 valence electrons. The van der Waals surface area contributed by atoms with Gasteiger partial charge in [-0.25, -0.2) is 4.98 Å². The fraction of sp³-hybridized carbons (Fsp3) is 0.333. The number of H-pyrrole nitrogens is 1. The first-order chi connectivity index (χ1) is 15.6. The number of hydrogen-bond donors (Lipinski definition) is 2. The second-order valence-electron chi connectivity index (χ2n) is 7.95. The van der Waals surface area contributed by atoms with Gasteiger partial charge >= 0.3 is 0 Å². The largest absolute Gasteiger partial charge is 0.493 e. The number of morpholine rings is 1. The number of nitrogens with zero attached hydrogens (tertiary/aromatic N) is 3. The van der Waals surface area contributed by atoms with Crippen LogP contribution in [-0.2, 0) is 4.74 Å². The van der Waals surface area contributed by atoms with Gasteiger partial charge in [0.15, 0.2) is 11.5 Å². The Morgan fingerprint density at radius 1 is 0.969 bits per heavy atom. The lowest BCUT2D eigenvalue weighted by Crippen LogP contribution is -2.37. The highest BCUT2D eigenvalue weighted by molar-refractivity contribution is 5.94. The van der Waals surface area contributed by atoms with Gasteiger partial charge in [0, 0.05) is 46.8 Å². The van der Waals surface area contributed by atoms with Gasteiger partial charge in [0.05, 0.1) is 33.0 Å². The number of hydrogen-bond acceptors (Lipinski definition) is 7. The molecule has 1 aliphatic heterocycles. The van der Waals surface area contributed by atoms with Crippen LogP contribution in [0.25, 0.3) is 21.8 Å². The molecule has 3 heterocycles. The van der Waals surface area contributed by atoms with E-state index in [2.05, 4.69) is 41.2 Å². The van der Waals surface area contributed by atoms with E-state index in [-0.39, 0.29) is 0 Å². The SMILES string of the molecule is COc1cc2nc(Nc3ccc4[nH]c(C)c(C)c4c3)nc(N3CCOCC3)c2cc1OC. The molecule has 0 saturated carbocycles. The zero-order valence-electron chi connectivity index (χ0n) is 18.8. The Kier molecular flexibility index (Phi) is 5.22. The molecule has 0 bridgehead atoms. The zero-order chi connectivity index (χ0) is 22.2. The van der Waals surface area contributed by atoms with Crippen molar-refractivity contribution in [3.8, 4) is 11.5 Å². The average Bonchev–Trinajstić information content (AvgIpc) is 3.11. The van der Waals surface area contributed by atoms with E-state index in [0.29, 0.717) is 30.7 Å². The van der Waals surface area contributed by atoms with E-state index in [1.807, 2.05) is 18.2 Å². The van der Waals surface area contributed by atoms with Crippen LogP contribution in [0.15, 0.2) is 30.3 Å². The average molecular weight is 434 g/mol. The molecule has 4 aromatic rings. The Morgan fingerprint density at radius 2 is 1.72 bits per heavy atom. The Hall–Kier alpha value is -3.52. The molecule has 8 heteroatoms. The van der Waals surface area contributed by atoms with Crippen molar-refractivity contribution in [1.29, 1.82) is 0 Å². The Labute approximate surface area is 186 Å². The fourth-order valence-electron chi connectivity index (χ4n) is 4.18. The number of ether oxygens (including phenoxy) is 3. The molecule has 2 aromatic heterocycles. The maximum atomic E-state index is 5.55. The Balaban J connectivity index is 1.61. The third-order valence-corrected chi connectivity index (χ3v) is 6.06. The van der Waals surface area contributed by atoms with E-state index in [1.165, 1.54) is 16.6 Å². The summed E-state index contributed by atoms with van der Waals surface area (Å²) in [6.07, 6.45) is 0. The lowest BCUT2D eigenvalue weighted by atomic mass is 10.1. The Morgan fingerprint density at radius 3 is 2.47 bits per heavy atom. The summed E-state index contributed by atoms with van der Waals surface area (Å²) < 4.78 is 16.6. The van der Waals surface area contributed by atoms with E-state index in [9.17, 15) is 0 Å². The van der Waals surface area contributed by atoms with Crippen LogP contribution in [0.5, 0.6) is 11.5 Å². The van der Waals surface area contributed by atoms with Crippen molar-refractivity contribution in [1.82, 2.24) is 15.0 Å². The van der Waals surface area contributed by atoms with E-state index < -0.39 is 0 Å². The number of nitrogens with one attached hydrogen (secondary N) is 2. The number of aromatic nitrogens is 3. The van der Waals surface area contributed by atoms with Crippen LogP contribution >= 0.6 is 0 Å². The van der Waals surface area contributed by atoms with Gasteiger partial charge in [-0.1, -0.05) is 0 Å². The van der Waals surface area contributed by atoms with E-state index in [1.54, 1.807) is 14.2 Å². The monoisotopic (exact) mass is 433 g/mol. The number of fused-ring (bicyclic) bond motifs is 2. The van der Waals surface area contributed by atoms with Crippen LogP contribution in [0.3, 0.4) is 0 Å². The molecule has 1 aliphatic rings. The van der Waals surface area contributed by atoms with Gasteiger partial charge in [-0.3, -0.25) is 0 Å². The molecule has 0 radical (unpaired) electrons. The predicted molar refractivity (Wildman–Crippen MR) is 127 cm³/mol. The van der Waals surface area contributed by atoms with Crippen molar-refractivity contribution in [2.75, 3.05) is 50.7 Å². The predicted octanol–water partition coefficient (Wildman–Crippen LogP) is 4.33. The Bertz CT molecular complexity index is 1290. The van der Waals surface area contributed by atoms with Gasteiger partial charge < -0.3 is 29.4 Å². The summed E-state index contributed by atoms with van der Waals surface area (Å²) in [4.78, 5) is 15.3. The van der Waals surface area contributed by atoms with Gasteiger partial charge in [-0.15, -0.1) is 0 Å². The van der Waals surface area contributed by atoms with Gasteiger partial charge in [0.1, 0.15) is 5.82 Å². The molecule has 1 saturated heterocycles. The van der Waals surface area contributed by atoms with E-state index in [4.69, 9.17) is 24.2 Å². The first-order valence-corrected chi connectivity index (χ1v) is 10.7. The van der Waals surface area contributed by atoms with Gasteiger partial charge in [-0.05, 0) is 43.7 Å². The first-order valence-electron chi connectivity index (χ1n) is 10.7. The lowest BCUT2D eigenvalue weighted by Gasteiger charge is -2.29. The third-order valence-electron chi connectivity index (χ3n) is 6.06. The smallest absolute Gasteiger partial charge is 0.229 e. The second kappa shape index (κ2) is 8.20. The van der Waals surface area contributed by atoms with E-state index in [0.717, 1.165) is 41.0 Å². The minimum Gasteiger partial charge on any atom is -0.493 e. The molecule has 1 fully saturated rings. The van der Waals surface area contributed by atoms with E-state index >= 15 is 0 Å². The molecule has 8 nitrogen and oxygen atoms in total. The van der Waals surface area contributed by atoms with Crippen LogP contribution in [0.2, 0.25) is 0 Å². The van der Waals surface area contributed by atoms with Crippen molar-refractivity contribution in [2.45, 2.75) is 13.8 Å². The van der Waals surface area contributed by atoms with Crippen molar-refractivity contribution in [2.24, 2.45) is 0 Å². The van der Waals surface area contributed by atoms with Crippen LogP contribution < -0.4 is 19.7 Å². The van der Waals surface area contributed by atoms with Crippen molar-refractivity contribution >= 4 is 39.3 Å². The van der Waals surface area contributed by atoms with Gasteiger partial charge in [0.2, 0.25) is 5.95 Å². The third kappa shape index (κ3) is 3.56. The maximum absolute atomic E-state index is 5.55. The second-order valence-corrected chi connectivity index (χ2v) is 7.95. The number of rotatable bonds is 5. The van der Waals surface area contributed by atoms with Gasteiger partial charge in [0.25, 0.3) is 0 Å². The fourth-order valence-corrected chi connectivity index (χ4v) is 4.18.